The molecular weight excluding hydrogens is 260 g/mol. The molecule has 0 unspecified atom stereocenters. The number of phenols is 1. The third kappa shape index (κ3) is 3.98. The molecular formula is C18H30N2O. The molecule has 0 aliphatic carbocycles. The second-order valence-corrected chi connectivity index (χ2v) is 6.32. The van der Waals surface area contributed by atoms with Crippen LogP contribution in [-0.4, -0.2) is 47.1 Å². The van der Waals surface area contributed by atoms with Crippen LogP contribution in [0.15, 0.2) is 12.1 Å². The molecule has 1 aliphatic rings. The molecule has 0 atom stereocenters. The number of rotatable bonds is 5. The van der Waals surface area contributed by atoms with Gasteiger partial charge in [0, 0.05) is 18.2 Å². The Hall–Kier alpha value is -1.06. The number of piperidine rings is 1. The van der Waals surface area contributed by atoms with Crippen molar-refractivity contribution in [1.29, 1.82) is 0 Å². The number of likely N-dealkylation sites (tertiary alicyclic amines) is 1. The predicted molar refractivity (Wildman–Crippen MR) is 88.8 cm³/mol. The van der Waals surface area contributed by atoms with Gasteiger partial charge in [-0.2, -0.15) is 0 Å². The van der Waals surface area contributed by atoms with E-state index in [2.05, 4.69) is 36.6 Å². The van der Waals surface area contributed by atoms with Gasteiger partial charge in [-0.3, -0.25) is 4.90 Å². The summed E-state index contributed by atoms with van der Waals surface area (Å²) >= 11 is 0. The van der Waals surface area contributed by atoms with Gasteiger partial charge in [-0.05, 0) is 58.4 Å². The third-order valence-electron chi connectivity index (χ3n) is 4.80. The second-order valence-electron chi connectivity index (χ2n) is 6.32. The largest absolute Gasteiger partial charge is 0.507 e. The van der Waals surface area contributed by atoms with Gasteiger partial charge >= 0.3 is 0 Å². The SMILES string of the molecule is CCN(CC)C1CCN(Cc2cc(C)cc(C)c2O)CC1. The van der Waals surface area contributed by atoms with Crippen molar-refractivity contribution in [3.8, 4) is 5.75 Å². The van der Waals surface area contributed by atoms with E-state index in [4.69, 9.17) is 0 Å². The van der Waals surface area contributed by atoms with E-state index in [0.717, 1.165) is 49.9 Å². The summed E-state index contributed by atoms with van der Waals surface area (Å²) in [5.41, 5.74) is 3.30. The molecule has 118 valence electrons. The lowest BCUT2D eigenvalue weighted by Crippen LogP contribution is -2.44. The molecule has 1 fully saturated rings. The number of aromatic hydroxyl groups is 1. The second kappa shape index (κ2) is 7.28. The molecule has 0 spiro atoms. The zero-order chi connectivity index (χ0) is 15.4. The van der Waals surface area contributed by atoms with Gasteiger partial charge in [0.05, 0.1) is 0 Å². The highest BCUT2D eigenvalue weighted by Crippen LogP contribution is 2.26. The first-order valence-electron chi connectivity index (χ1n) is 8.30. The van der Waals surface area contributed by atoms with Gasteiger partial charge in [0.25, 0.3) is 0 Å². The van der Waals surface area contributed by atoms with Crippen LogP contribution < -0.4 is 0 Å². The maximum absolute atomic E-state index is 10.2. The van der Waals surface area contributed by atoms with Crippen LogP contribution in [0.4, 0.5) is 0 Å². The summed E-state index contributed by atoms with van der Waals surface area (Å²) in [6.07, 6.45) is 2.49. The molecule has 0 radical (unpaired) electrons. The number of hydrogen-bond acceptors (Lipinski definition) is 3. The molecule has 1 N–H and O–H groups in total. The molecule has 1 aromatic rings. The molecule has 3 heteroatoms. The Morgan fingerprint density at radius 2 is 1.76 bits per heavy atom. The summed E-state index contributed by atoms with van der Waals surface area (Å²) in [4.78, 5) is 5.06. The maximum Gasteiger partial charge on any atom is 0.122 e. The first-order chi connectivity index (χ1) is 10.0. The Bertz CT molecular complexity index is 461. The maximum atomic E-state index is 10.2. The molecule has 1 aliphatic heterocycles. The normalized spacial score (nSPS) is 17.6. The fourth-order valence-electron chi connectivity index (χ4n) is 3.59. The first kappa shape index (κ1) is 16.3. The summed E-state index contributed by atoms with van der Waals surface area (Å²) in [5, 5.41) is 10.2. The monoisotopic (exact) mass is 290 g/mol. The van der Waals surface area contributed by atoms with E-state index >= 15 is 0 Å². The van der Waals surface area contributed by atoms with Crippen molar-refractivity contribution in [3.63, 3.8) is 0 Å². The first-order valence-corrected chi connectivity index (χ1v) is 8.30. The predicted octanol–water partition coefficient (Wildman–Crippen LogP) is 3.32. The Balaban J connectivity index is 1.95. The standard InChI is InChI=1S/C18H30N2O/c1-5-20(6-2)17-7-9-19(10-8-17)13-16-12-14(3)11-15(4)18(16)21/h11-12,17,21H,5-10,13H2,1-4H3. The average molecular weight is 290 g/mol. The summed E-state index contributed by atoms with van der Waals surface area (Å²) < 4.78 is 0. The topological polar surface area (TPSA) is 26.7 Å². The summed E-state index contributed by atoms with van der Waals surface area (Å²) in [6.45, 7) is 14.0. The molecule has 0 aromatic heterocycles. The highest BCUT2D eigenvalue weighted by Gasteiger charge is 2.23. The molecule has 1 heterocycles. The number of aryl methyl sites for hydroxylation is 2. The molecule has 2 rings (SSSR count). The number of nitrogens with zero attached hydrogens (tertiary/aromatic N) is 2. The van der Waals surface area contributed by atoms with Gasteiger partial charge in [-0.15, -0.1) is 0 Å². The van der Waals surface area contributed by atoms with Gasteiger partial charge in [0.2, 0.25) is 0 Å². The van der Waals surface area contributed by atoms with Crippen LogP contribution >= 0.6 is 0 Å². The van der Waals surface area contributed by atoms with Crippen molar-refractivity contribution < 1.29 is 5.11 Å². The summed E-state index contributed by atoms with van der Waals surface area (Å²) in [6, 6.07) is 4.91. The van der Waals surface area contributed by atoms with Crippen LogP contribution in [-0.2, 0) is 6.54 Å². The molecule has 0 bridgehead atoms. The van der Waals surface area contributed by atoms with Gasteiger partial charge in [0.1, 0.15) is 5.75 Å². The summed E-state index contributed by atoms with van der Waals surface area (Å²) in [5.74, 6) is 0.478. The highest BCUT2D eigenvalue weighted by atomic mass is 16.3. The Morgan fingerprint density at radius 3 is 2.33 bits per heavy atom. The lowest BCUT2D eigenvalue weighted by molar-refractivity contribution is 0.112. The van der Waals surface area contributed by atoms with E-state index in [-0.39, 0.29) is 0 Å². The van der Waals surface area contributed by atoms with E-state index in [1.54, 1.807) is 0 Å². The minimum absolute atomic E-state index is 0.478. The average Bonchev–Trinajstić information content (AvgIpc) is 2.47. The molecule has 1 saturated heterocycles. The van der Waals surface area contributed by atoms with E-state index in [9.17, 15) is 5.11 Å². The zero-order valence-corrected chi connectivity index (χ0v) is 14.0. The van der Waals surface area contributed by atoms with Crippen molar-refractivity contribution >= 4 is 0 Å². The van der Waals surface area contributed by atoms with Crippen molar-refractivity contribution in [2.45, 2.75) is 53.1 Å². The quantitative estimate of drug-likeness (QED) is 0.901. The lowest BCUT2D eigenvalue weighted by Gasteiger charge is -2.37. The van der Waals surface area contributed by atoms with E-state index in [0.29, 0.717) is 5.75 Å². The molecule has 0 amide bonds. The Labute approximate surface area is 129 Å². The van der Waals surface area contributed by atoms with Crippen molar-refractivity contribution in [2.24, 2.45) is 0 Å². The molecule has 21 heavy (non-hydrogen) atoms. The molecule has 3 nitrogen and oxygen atoms in total. The van der Waals surface area contributed by atoms with Crippen LogP contribution in [0.3, 0.4) is 0 Å². The van der Waals surface area contributed by atoms with Crippen LogP contribution in [0.5, 0.6) is 5.75 Å². The fraction of sp³-hybridized carbons (Fsp3) is 0.667. The van der Waals surface area contributed by atoms with Gasteiger partial charge in [0.15, 0.2) is 0 Å². The number of benzene rings is 1. The Morgan fingerprint density at radius 1 is 1.14 bits per heavy atom. The smallest absolute Gasteiger partial charge is 0.122 e. The van der Waals surface area contributed by atoms with Crippen molar-refractivity contribution in [2.75, 3.05) is 26.2 Å². The molecule has 1 aromatic carbocycles. The van der Waals surface area contributed by atoms with E-state index in [1.165, 1.54) is 18.4 Å². The number of hydrogen-bond donors (Lipinski definition) is 1. The van der Waals surface area contributed by atoms with E-state index < -0.39 is 0 Å². The molecule has 0 saturated carbocycles. The van der Waals surface area contributed by atoms with Crippen molar-refractivity contribution in [1.82, 2.24) is 9.80 Å². The summed E-state index contributed by atoms with van der Waals surface area (Å²) in [7, 11) is 0. The van der Waals surface area contributed by atoms with Gasteiger partial charge in [-0.25, -0.2) is 0 Å². The van der Waals surface area contributed by atoms with Crippen LogP contribution in [0.2, 0.25) is 0 Å². The van der Waals surface area contributed by atoms with E-state index in [1.807, 2.05) is 13.0 Å². The fourth-order valence-corrected chi connectivity index (χ4v) is 3.59. The highest BCUT2D eigenvalue weighted by molar-refractivity contribution is 5.42. The third-order valence-corrected chi connectivity index (χ3v) is 4.80. The van der Waals surface area contributed by atoms with Gasteiger partial charge < -0.3 is 10.0 Å². The van der Waals surface area contributed by atoms with Crippen molar-refractivity contribution in [3.05, 3.63) is 28.8 Å². The Kier molecular flexibility index (Phi) is 5.65. The number of phenolic OH excluding ortho intramolecular Hbond substituents is 1. The van der Waals surface area contributed by atoms with Crippen LogP contribution in [0.25, 0.3) is 0 Å². The van der Waals surface area contributed by atoms with Crippen LogP contribution in [0.1, 0.15) is 43.4 Å². The lowest BCUT2D eigenvalue weighted by atomic mass is 10.0. The van der Waals surface area contributed by atoms with Crippen LogP contribution in [0, 0.1) is 13.8 Å². The minimum Gasteiger partial charge on any atom is -0.507 e. The minimum atomic E-state index is 0.478. The zero-order valence-electron chi connectivity index (χ0n) is 14.0. The van der Waals surface area contributed by atoms with Gasteiger partial charge in [-0.1, -0.05) is 31.5 Å².